The van der Waals surface area contributed by atoms with Gasteiger partial charge in [-0.15, -0.1) is 0 Å². The smallest absolute Gasteiger partial charge is 0.287 e. The van der Waals surface area contributed by atoms with Crippen LogP contribution in [-0.4, -0.2) is 4.98 Å². The van der Waals surface area contributed by atoms with E-state index < -0.39 is 0 Å². The van der Waals surface area contributed by atoms with Gasteiger partial charge < -0.3 is 4.42 Å². The van der Waals surface area contributed by atoms with Crippen LogP contribution in [0.15, 0.2) is 83.5 Å². The van der Waals surface area contributed by atoms with Crippen molar-refractivity contribution in [2.24, 2.45) is 7.05 Å². The molecule has 6 aromatic rings. The summed E-state index contributed by atoms with van der Waals surface area (Å²) in [5, 5.41) is 3.15. The van der Waals surface area contributed by atoms with Crippen LogP contribution in [0.1, 0.15) is 30.9 Å². The lowest BCUT2D eigenvalue weighted by molar-refractivity contribution is -0.662. The molecule has 36 heavy (non-hydrogen) atoms. The topological polar surface area (TPSA) is 34.3 Å². The Hall–Kier alpha value is -4.49. The van der Waals surface area contributed by atoms with Crippen molar-refractivity contribution in [3.05, 3.63) is 102 Å². The maximum absolute atomic E-state index is 7.79. The van der Waals surface area contributed by atoms with Gasteiger partial charge in [-0.3, -0.25) is 0 Å². The number of aryl methyl sites for hydroxylation is 2. The van der Waals surface area contributed by atoms with Crippen LogP contribution in [-0.2, 0) is 7.05 Å². The van der Waals surface area contributed by atoms with Gasteiger partial charge in [-0.1, -0.05) is 74.5 Å². The molecule has 0 unspecified atom stereocenters. The average Bonchev–Trinajstić information content (AvgIpc) is 3.27. The van der Waals surface area contributed by atoms with Gasteiger partial charge in [-0.2, -0.15) is 0 Å². The third kappa shape index (κ3) is 3.28. The van der Waals surface area contributed by atoms with Crippen LogP contribution in [0.3, 0.4) is 0 Å². The first-order chi connectivity index (χ1) is 17.5. The van der Waals surface area contributed by atoms with Crippen molar-refractivity contribution in [1.82, 2.24) is 4.98 Å². The molecule has 6 rings (SSSR count). The Morgan fingerprint density at radius 1 is 0.861 bits per heavy atom. The molecular weight excluding hydrogens is 442 g/mol. The van der Waals surface area contributed by atoms with Crippen LogP contribution in [0, 0.1) is 13.5 Å². The molecule has 4 heteroatoms. The van der Waals surface area contributed by atoms with Crippen molar-refractivity contribution in [2.45, 2.75) is 26.7 Å². The van der Waals surface area contributed by atoms with E-state index in [-0.39, 0.29) is 0 Å². The maximum Gasteiger partial charge on any atom is 0.287 e. The maximum atomic E-state index is 7.79. The summed E-state index contributed by atoms with van der Waals surface area (Å²) in [4.78, 5) is 8.56. The summed E-state index contributed by atoms with van der Waals surface area (Å²) in [6.45, 7) is 14.3. The minimum atomic E-state index is 0.433. The molecule has 2 heterocycles. The average molecular weight is 469 g/mol. The van der Waals surface area contributed by atoms with Crippen molar-refractivity contribution in [1.29, 1.82) is 0 Å². The molecule has 0 N–H and O–H groups in total. The Kier molecular flexibility index (Phi) is 5.09. The summed E-state index contributed by atoms with van der Waals surface area (Å²) in [7, 11) is 2.03. The predicted octanol–water partition coefficient (Wildman–Crippen LogP) is 8.28. The number of nitrogens with zero attached hydrogens (tertiary/aromatic N) is 3. The zero-order chi connectivity index (χ0) is 25.0. The summed E-state index contributed by atoms with van der Waals surface area (Å²) in [6, 6.07) is 24.8. The third-order valence-corrected chi connectivity index (χ3v) is 7.08. The van der Waals surface area contributed by atoms with Gasteiger partial charge in [0.2, 0.25) is 0 Å². The lowest BCUT2D eigenvalue weighted by Gasteiger charge is -2.11. The number of hydrogen-bond acceptors (Lipinski definition) is 2. The summed E-state index contributed by atoms with van der Waals surface area (Å²) in [5.41, 5.74) is 9.50. The quantitative estimate of drug-likeness (QED) is 0.193. The number of hydrogen-bond donors (Lipinski definition) is 0. The predicted molar refractivity (Wildman–Crippen MR) is 146 cm³/mol. The molecule has 4 aromatic carbocycles. The summed E-state index contributed by atoms with van der Waals surface area (Å²) >= 11 is 0. The van der Waals surface area contributed by atoms with Crippen LogP contribution < -0.4 is 4.57 Å². The highest BCUT2D eigenvalue weighted by molar-refractivity contribution is 6.16. The first-order valence-corrected chi connectivity index (χ1v) is 12.2. The monoisotopic (exact) mass is 468 g/mol. The Bertz CT molecular complexity index is 1840. The van der Waals surface area contributed by atoms with Gasteiger partial charge in [-0.05, 0) is 46.6 Å². The van der Waals surface area contributed by atoms with Gasteiger partial charge in [0.1, 0.15) is 16.9 Å². The molecule has 0 amide bonds. The van der Waals surface area contributed by atoms with Crippen molar-refractivity contribution in [3.8, 4) is 22.4 Å². The SMILES string of the molecule is [C-]#[N+]c1ccc2c(oc3c(-c4c5ccc(C(C)C)cc5nc[n+]4C)c(C)ccc32)c1-c1ccccc1. The molecule has 0 aliphatic heterocycles. The largest absolute Gasteiger partial charge is 0.456 e. The molecule has 4 nitrogen and oxygen atoms in total. The fourth-order valence-corrected chi connectivity index (χ4v) is 5.19. The molecule has 0 saturated heterocycles. The van der Waals surface area contributed by atoms with Crippen LogP contribution in [0.4, 0.5) is 5.69 Å². The fourth-order valence-electron chi connectivity index (χ4n) is 5.19. The number of furan rings is 1. The highest BCUT2D eigenvalue weighted by Crippen LogP contribution is 2.44. The van der Waals surface area contributed by atoms with E-state index in [1.54, 1.807) is 0 Å². The first kappa shape index (κ1) is 22.0. The van der Waals surface area contributed by atoms with Crippen LogP contribution >= 0.6 is 0 Å². The molecule has 0 spiro atoms. The molecule has 0 fully saturated rings. The van der Waals surface area contributed by atoms with Gasteiger partial charge >= 0.3 is 0 Å². The fraction of sp³-hybridized carbons (Fsp3) is 0.156. The number of rotatable bonds is 3. The van der Waals surface area contributed by atoms with Gasteiger partial charge in [0, 0.05) is 16.3 Å². The summed E-state index contributed by atoms with van der Waals surface area (Å²) in [5.74, 6) is 0.433. The Labute approximate surface area is 210 Å². The molecule has 174 valence electrons. The van der Waals surface area contributed by atoms with E-state index in [1.807, 2.05) is 55.8 Å². The summed E-state index contributed by atoms with van der Waals surface area (Å²) < 4.78 is 8.81. The molecule has 0 aliphatic carbocycles. The molecule has 0 radical (unpaired) electrons. The Balaban J connectivity index is 1.73. The van der Waals surface area contributed by atoms with Gasteiger partial charge in [0.15, 0.2) is 11.2 Å². The molecule has 2 aromatic heterocycles. The van der Waals surface area contributed by atoms with Crippen LogP contribution in [0.2, 0.25) is 0 Å². The molecular formula is C32H26N3O+. The van der Waals surface area contributed by atoms with E-state index in [0.29, 0.717) is 11.6 Å². The first-order valence-electron chi connectivity index (χ1n) is 12.2. The van der Waals surface area contributed by atoms with Crippen molar-refractivity contribution in [2.75, 3.05) is 0 Å². The Morgan fingerprint density at radius 3 is 2.28 bits per heavy atom. The molecule has 0 bridgehead atoms. The van der Waals surface area contributed by atoms with Crippen LogP contribution in [0.25, 0.3) is 60.1 Å². The summed E-state index contributed by atoms with van der Waals surface area (Å²) in [6.07, 6.45) is 1.88. The van der Waals surface area contributed by atoms with Crippen LogP contribution in [0.5, 0.6) is 0 Å². The Morgan fingerprint density at radius 2 is 1.56 bits per heavy atom. The van der Waals surface area contributed by atoms with E-state index in [1.165, 1.54) is 5.56 Å². The van der Waals surface area contributed by atoms with E-state index in [4.69, 9.17) is 16.0 Å². The second-order valence-corrected chi connectivity index (χ2v) is 9.69. The van der Waals surface area contributed by atoms with E-state index >= 15 is 0 Å². The minimum Gasteiger partial charge on any atom is -0.456 e. The number of aromatic nitrogens is 2. The normalized spacial score (nSPS) is 11.6. The lowest BCUT2D eigenvalue weighted by atomic mass is 9.95. The van der Waals surface area contributed by atoms with Crippen molar-refractivity contribution < 1.29 is 8.98 Å². The second kappa shape index (κ2) is 8.32. The number of benzene rings is 4. The molecule has 0 atom stereocenters. The number of fused-ring (bicyclic) bond motifs is 4. The van der Waals surface area contributed by atoms with Gasteiger partial charge in [0.25, 0.3) is 6.33 Å². The van der Waals surface area contributed by atoms with Gasteiger partial charge in [-0.25, -0.2) is 9.41 Å². The molecule has 0 saturated carbocycles. The standard InChI is InChI=1S/C32H26N3O/c1-19(2)22-12-14-25-27(17-22)34-18-35(5)30(25)28-20(3)11-13-23-24-15-16-26(33-4)29(32(24)36-31(23)28)21-9-7-6-8-10-21/h6-19H,1-3,5H3/q+1. The third-order valence-electron chi connectivity index (χ3n) is 7.08. The second-order valence-electron chi connectivity index (χ2n) is 9.69. The van der Waals surface area contributed by atoms with Crippen molar-refractivity contribution in [3.63, 3.8) is 0 Å². The van der Waals surface area contributed by atoms with E-state index in [0.717, 1.165) is 60.8 Å². The van der Waals surface area contributed by atoms with E-state index in [2.05, 4.69) is 60.5 Å². The van der Waals surface area contributed by atoms with E-state index in [9.17, 15) is 0 Å². The van der Waals surface area contributed by atoms with Gasteiger partial charge in [0.05, 0.1) is 24.6 Å². The highest BCUT2D eigenvalue weighted by atomic mass is 16.3. The van der Waals surface area contributed by atoms with Crippen molar-refractivity contribution >= 4 is 38.5 Å². The lowest BCUT2D eigenvalue weighted by Crippen LogP contribution is -2.32. The highest BCUT2D eigenvalue weighted by Gasteiger charge is 2.24. The molecule has 0 aliphatic rings. The minimum absolute atomic E-state index is 0.433. The zero-order valence-corrected chi connectivity index (χ0v) is 20.8. The zero-order valence-electron chi connectivity index (χ0n) is 20.8.